The van der Waals surface area contributed by atoms with Crippen molar-refractivity contribution in [3.05, 3.63) is 47.5 Å². The van der Waals surface area contributed by atoms with Gasteiger partial charge >= 0.3 is 11.9 Å². The number of phenols is 1. The second-order valence-electron chi connectivity index (χ2n) is 8.67. The Balaban J connectivity index is 1.88. The fraction of sp³-hybridized carbons (Fsp3) is 0.500. The quantitative estimate of drug-likeness (QED) is 0.422. The topological polar surface area (TPSA) is 82.1 Å². The smallest absolute Gasteiger partial charge is 0.306 e. The van der Waals surface area contributed by atoms with E-state index in [0.717, 1.165) is 48.1 Å². The van der Waals surface area contributed by atoms with Crippen LogP contribution in [0.15, 0.2) is 36.4 Å². The molecule has 1 aliphatic carbocycles. The first-order valence-electron chi connectivity index (χ1n) is 12.4. The Morgan fingerprint density at radius 2 is 1.38 bits per heavy atom. The lowest BCUT2D eigenvalue weighted by Gasteiger charge is -2.25. The van der Waals surface area contributed by atoms with Gasteiger partial charge in [-0.2, -0.15) is 0 Å². The van der Waals surface area contributed by atoms with Crippen LogP contribution in [0.2, 0.25) is 0 Å². The van der Waals surface area contributed by atoms with Crippen molar-refractivity contribution >= 4 is 11.9 Å². The first kappa shape index (κ1) is 25.6. The summed E-state index contributed by atoms with van der Waals surface area (Å²) in [6.45, 7) is 4.31. The summed E-state index contributed by atoms with van der Waals surface area (Å²) in [5, 5.41) is 10.7. The largest absolute Gasteiger partial charge is 0.507 e. The van der Waals surface area contributed by atoms with E-state index in [1.54, 1.807) is 19.9 Å². The SMILES string of the molecule is CCOC(=O)CCc1ccc(O)c(-c2cc(CCC(=O)OCC)ccc2OC2CCCCC2)c1. The summed E-state index contributed by atoms with van der Waals surface area (Å²) in [5.41, 5.74) is 3.35. The number of phenolic OH excluding ortho intramolecular Hbond substituents is 1. The first-order valence-corrected chi connectivity index (χ1v) is 12.4. The summed E-state index contributed by atoms with van der Waals surface area (Å²) in [4.78, 5) is 23.7. The predicted octanol–water partition coefficient (Wildman–Crippen LogP) is 5.76. The van der Waals surface area contributed by atoms with Crippen LogP contribution in [0.1, 0.15) is 69.9 Å². The van der Waals surface area contributed by atoms with E-state index in [9.17, 15) is 14.7 Å². The second kappa shape index (κ2) is 13.0. The third-order valence-electron chi connectivity index (χ3n) is 6.09. The molecule has 0 aromatic heterocycles. The zero-order chi connectivity index (χ0) is 24.3. The minimum atomic E-state index is -0.237. The van der Waals surface area contributed by atoms with Gasteiger partial charge in [0.2, 0.25) is 0 Å². The van der Waals surface area contributed by atoms with Crippen molar-refractivity contribution in [2.24, 2.45) is 0 Å². The standard InChI is InChI=1S/C28H36O6/c1-3-32-27(30)16-12-20-10-14-25(29)23(18-20)24-19-21(13-17-28(31)33-4-2)11-15-26(24)34-22-8-6-5-7-9-22/h10-11,14-15,18-19,22,29H,3-9,12-13,16-17H2,1-2H3. The zero-order valence-electron chi connectivity index (χ0n) is 20.3. The van der Waals surface area contributed by atoms with Gasteiger partial charge < -0.3 is 19.3 Å². The van der Waals surface area contributed by atoms with E-state index in [1.165, 1.54) is 6.42 Å². The highest BCUT2D eigenvalue weighted by Gasteiger charge is 2.19. The van der Waals surface area contributed by atoms with Crippen LogP contribution in [0.25, 0.3) is 11.1 Å². The lowest BCUT2D eigenvalue weighted by atomic mass is 9.95. The van der Waals surface area contributed by atoms with Gasteiger partial charge in [-0.05, 0) is 87.8 Å². The van der Waals surface area contributed by atoms with E-state index in [1.807, 2.05) is 30.3 Å². The van der Waals surface area contributed by atoms with Crippen molar-refractivity contribution in [1.82, 2.24) is 0 Å². The molecular weight excluding hydrogens is 432 g/mol. The van der Waals surface area contributed by atoms with Gasteiger partial charge in [0.15, 0.2) is 0 Å². The number of hydrogen-bond acceptors (Lipinski definition) is 6. The minimum Gasteiger partial charge on any atom is -0.507 e. The highest BCUT2D eigenvalue weighted by molar-refractivity contribution is 5.77. The normalized spacial score (nSPS) is 13.9. The maximum absolute atomic E-state index is 11.8. The average Bonchev–Trinajstić information content (AvgIpc) is 2.84. The van der Waals surface area contributed by atoms with Gasteiger partial charge in [-0.3, -0.25) is 9.59 Å². The summed E-state index contributed by atoms with van der Waals surface area (Å²) in [7, 11) is 0. The van der Waals surface area contributed by atoms with Crippen molar-refractivity contribution in [2.45, 2.75) is 77.7 Å². The van der Waals surface area contributed by atoms with Gasteiger partial charge in [0.25, 0.3) is 0 Å². The van der Waals surface area contributed by atoms with Crippen LogP contribution in [-0.2, 0) is 31.9 Å². The number of carbonyl (C=O) groups excluding carboxylic acids is 2. The van der Waals surface area contributed by atoms with Gasteiger partial charge in [0.05, 0.1) is 19.3 Å². The average molecular weight is 469 g/mol. The molecule has 0 amide bonds. The second-order valence-corrected chi connectivity index (χ2v) is 8.67. The third-order valence-corrected chi connectivity index (χ3v) is 6.09. The Labute approximate surface area is 202 Å². The highest BCUT2D eigenvalue weighted by Crippen LogP contribution is 2.39. The Kier molecular flexibility index (Phi) is 9.80. The van der Waals surface area contributed by atoms with Gasteiger partial charge in [-0.1, -0.05) is 18.6 Å². The predicted molar refractivity (Wildman–Crippen MR) is 131 cm³/mol. The van der Waals surface area contributed by atoms with E-state index in [2.05, 4.69) is 0 Å². The molecule has 1 N–H and O–H groups in total. The fourth-order valence-electron chi connectivity index (χ4n) is 4.32. The van der Waals surface area contributed by atoms with Gasteiger partial charge in [-0.25, -0.2) is 0 Å². The summed E-state index contributed by atoms with van der Waals surface area (Å²) >= 11 is 0. The van der Waals surface area contributed by atoms with Crippen LogP contribution in [0.4, 0.5) is 0 Å². The third kappa shape index (κ3) is 7.51. The molecule has 1 aliphatic rings. The maximum atomic E-state index is 11.8. The Morgan fingerprint density at radius 3 is 1.97 bits per heavy atom. The number of aromatic hydroxyl groups is 1. The lowest BCUT2D eigenvalue weighted by molar-refractivity contribution is -0.144. The maximum Gasteiger partial charge on any atom is 0.306 e. The minimum absolute atomic E-state index is 0.149. The van der Waals surface area contributed by atoms with Gasteiger partial charge in [-0.15, -0.1) is 0 Å². The number of hydrogen-bond donors (Lipinski definition) is 1. The fourth-order valence-corrected chi connectivity index (χ4v) is 4.32. The molecular formula is C28H36O6. The molecule has 1 fully saturated rings. The molecule has 184 valence electrons. The molecule has 0 heterocycles. The molecule has 0 radical (unpaired) electrons. The van der Waals surface area contributed by atoms with E-state index in [0.29, 0.717) is 38.0 Å². The van der Waals surface area contributed by atoms with Crippen molar-refractivity contribution in [1.29, 1.82) is 0 Å². The number of benzene rings is 2. The highest BCUT2D eigenvalue weighted by atomic mass is 16.5. The van der Waals surface area contributed by atoms with E-state index >= 15 is 0 Å². The van der Waals surface area contributed by atoms with Crippen LogP contribution in [-0.4, -0.2) is 36.4 Å². The number of carbonyl (C=O) groups is 2. The van der Waals surface area contributed by atoms with E-state index < -0.39 is 0 Å². The van der Waals surface area contributed by atoms with Gasteiger partial charge in [0, 0.05) is 24.0 Å². The van der Waals surface area contributed by atoms with Crippen LogP contribution < -0.4 is 4.74 Å². The Bertz CT molecular complexity index is 961. The van der Waals surface area contributed by atoms with Crippen molar-refractivity contribution in [3.8, 4) is 22.6 Å². The number of aryl methyl sites for hydroxylation is 2. The van der Waals surface area contributed by atoms with Crippen LogP contribution in [0.5, 0.6) is 11.5 Å². The molecule has 0 bridgehead atoms. The molecule has 0 atom stereocenters. The Hall–Kier alpha value is -3.02. The zero-order valence-corrected chi connectivity index (χ0v) is 20.3. The van der Waals surface area contributed by atoms with Gasteiger partial charge in [0.1, 0.15) is 11.5 Å². The molecule has 6 heteroatoms. The lowest BCUT2D eigenvalue weighted by Crippen LogP contribution is -2.20. The summed E-state index contributed by atoms with van der Waals surface area (Å²) in [6.07, 6.45) is 7.40. The van der Waals surface area contributed by atoms with Crippen molar-refractivity contribution in [2.75, 3.05) is 13.2 Å². The summed E-state index contributed by atoms with van der Waals surface area (Å²) in [6, 6.07) is 11.3. The van der Waals surface area contributed by atoms with E-state index in [-0.39, 0.29) is 30.2 Å². The molecule has 6 nitrogen and oxygen atoms in total. The van der Waals surface area contributed by atoms with Crippen LogP contribution in [0.3, 0.4) is 0 Å². The molecule has 3 rings (SSSR count). The molecule has 0 unspecified atom stereocenters. The van der Waals surface area contributed by atoms with Crippen molar-refractivity contribution in [3.63, 3.8) is 0 Å². The molecule has 34 heavy (non-hydrogen) atoms. The summed E-state index contributed by atoms with van der Waals surface area (Å²) in [5.74, 6) is 0.412. The Morgan fingerprint density at radius 1 is 0.824 bits per heavy atom. The molecule has 0 saturated heterocycles. The number of ether oxygens (including phenoxy) is 3. The molecule has 0 aliphatic heterocycles. The van der Waals surface area contributed by atoms with Crippen LogP contribution >= 0.6 is 0 Å². The van der Waals surface area contributed by atoms with E-state index in [4.69, 9.17) is 14.2 Å². The molecule has 2 aromatic rings. The van der Waals surface area contributed by atoms with Crippen LogP contribution in [0, 0.1) is 0 Å². The monoisotopic (exact) mass is 468 g/mol. The first-order chi connectivity index (χ1) is 16.5. The number of esters is 2. The molecule has 1 saturated carbocycles. The number of rotatable bonds is 11. The molecule has 0 spiro atoms. The summed E-state index contributed by atoms with van der Waals surface area (Å²) < 4.78 is 16.5. The van der Waals surface area contributed by atoms with Crippen molar-refractivity contribution < 1.29 is 28.9 Å². The molecule has 2 aromatic carbocycles.